The molecule has 0 aliphatic carbocycles. The lowest BCUT2D eigenvalue weighted by atomic mass is 10.1. The number of anilines is 2. The number of allylic oxidation sites excluding steroid dienone is 1. The normalized spacial score (nSPS) is 16.5. The molecule has 0 bridgehead atoms. The smallest absolute Gasteiger partial charge is 0.338 e. The lowest BCUT2D eigenvalue weighted by Crippen LogP contribution is -2.38. The zero-order valence-corrected chi connectivity index (χ0v) is 17.1. The van der Waals surface area contributed by atoms with Gasteiger partial charge in [-0.1, -0.05) is 18.2 Å². The van der Waals surface area contributed by atoms with Crippen LogP contribution in [-0.4, -0.2) is 43.8 Å². The molecule has 0 unspecified atom stereocenters. The fourth-order valence-electron chi connectivity index (χ4n) is 3.77. The molecular formula is C24H24FN3O3. The van der Waals surface area contributed by atoms with Crippen molar-refractivity contribution in [1.82, 2.24) is 0 Å². The third kappa shape index (κ3) is 5.17. The first-order chi connectivity index (χ1) is 15.1. The monoisotopic (exact) mass is 421 g/mol. The number of carbonyl (C=O) groups is 2. The first-order valence-corrected chi connectivity index (χ1v) is 10.4. The van der Waals surface area contributed by atoms with Crippen LogP contribution in [0.4, 0.5) is 15.8 Å². The Kier molecular flexibility index (Phi) is 6.40. The van der Waals surface area contributed by atoms with Crippen molar-refractivity contribution in [2.45, 2.75) is 25.4 Å². The lowest BCUT2D eigenvalue weighted by Gasteiger charge is -2.34. The summed E-state index contributed by atoms with van der Waals surface area (Å²) < 4.78 is 19.6. The molecule has 1 N–H and O–H groups in total. The lowest BCUT2D eigenvalue weighted by molar-refractivity contribution is -0.113. The molecule has 2 aliphatic heterocycles. The summed E-state index contributed by atoms with van der Waals surface area (Å²) in [5, 5.41) is 2.85. The van der Waals surface area contributed by atoms with Crippen molar-refractivity contribution in [3.05, 3.63) is 71.6 Å². The molecule has 0 aromatic heterocycles. The molecule has 2 aromatic rings. The summed E-state index contributed by atoms with van der Waals surface area (Å²) in [7, 11) is 0. The highest BCUT2D eigenvalue weighted by atomic mass is 19.1. The number of aliphatic imine (C=N–C) groups is 1. The zero-order valence-electron chi connectivity index (χ0n) is 17.1. The Hall–Kier alpha value is -3.48. The van der Waals surface area contributed by atoms with E-state index in [2.05, 4.69) is 15.2 Å². The van der Waals surface area contributed by atoms with Gasteiger partial charge in [0.15, 0.2) is 0 Å². The summed E-state index contributed by atoms with van der Waals surface area (Å²) in [5.41, 5.74) is 2.35. The van der Waals surface area contributed by atoms with Crippen LogP contribution in [0.5, 0.6) is 0 Å². The zero-order chi connectivity index (χ0) is 21.6. The van der Waals surface area contributed by atoms with Crippen molar-refractivity contribution in [3.63, 3.8) is 0 Å². The SMILES string of the molecule is O=C(Nc1cc(F)ccc1N1CCC(OC(=O)c2ccccc2)CC1)C1=CC=NCC1. The quantitative estimate of drug-likeness (QED) is 0.741. The minimum atomic E-state index is -0.412. The highest BCUT2D eigenvalue weighted by molar-refractivity contribution is 6.07. The molecule has 1 fully saturated rings. The van der Waals surface area contributed by atoms with E-state index in [9.17, 15) is 14.0 Å². The van der Waals surface area contributed by atoms with Crippen LogP contribution in [0, 0.1) is 5.82 Å². The highest BCUT2D eigenvalue weighted by Gasteiger charge is 2.25. The molecule has 1 saturated heterocycles. The second-order valence-electron chi connectivity index (χ2n) is 7.57. The van der Waals surface area contributed by atoms with Crippen LogP contribution in [0.15, 0.2) is 65.2 Å². The molecule has 31 heavy (non-hydrogen) atoms. The van der Waals surface area contributed by atoms with Crippen molar-refractivity contribution in [2.75, 3.05) is 29.9 Å². The summed E-state index contributed by atoms with van der Waals surface area (Å²) in [5.74, 6) is -0.979. The van der Waals surface area contributed by atoms with Gasteiger partial charge >= 0.3 is 5.97 Å². The second kappa shape index (κ2) is 9.55. The van der Waals surface area contributed by atoms with Gasteiger partial charge in [-0.3, -0.25) is 9.79 Å². The summed E-state index contributed by atoms with van der Waals surface area (Å²) >= 11 is 0. The van der Waals surface area contributed by atoms with Gasteiger partial charge in [-0.05, 0) is 42.8 Å². The van der Waals surface area contributed by atoms with Crippen LogP contribution in [0.1, 0.15) is 29.6 Å². The number of halogens is 1. The van der Waals surface area contributed by atoms with Gasteiger partial charge in [-0.15, -0.1) is 0 Å². The third-order valence-electron chi connectivity index (χ3n) is 5.46. The number of hydrogen-bond donors (Lipinski definition) is 1. The van der Waals surface area contributed by atoms with Crippen molar-refractivity contribution in [1.29, 1.82) is 0 Å². The van der Waals surface area contributed by atoms with E-state index in [4.69, 9.17) is 4.74 Å². The number of nitrogens with one attached hydrogen (secondary N) is 1. The molecule has 2 aliphatic rings. The molecule has 7 heteroatoms. The number of ether oxygens (including phenoxy) is 1. The molecule has 0 spiro atoms. The van der Waals surface area contributed by atoms with Crippen LogP contribution in [-0.2, 0) is 9.53 Å². The third-order valence-corrected chi connectivity index (χ3v) is 5.46. The molecule has 160 valence electrons. The Bertz CT molecular complexity index is 1010. The maximum atomic E-state index is 13.9. The molecule has 0 saturated carbocycles. The maximum absolute atomic E-state index is 13.9. The predicted octanol–water partition coefficient (Wildman–Crippen LogP) is 3.99. The van der Waals surface area contributed by atoms with E-state index >= 15 is 0 Å². The van der Waals surface area contributed by atoms with Crippen LogP contribution < -0.4 is 10.2 Å². The topological polar surface area (TPSA) is 71.0 Å². The Morgan fingerprint density at radius 1 is 1.10 bits per heavy atom. The van der Waals surface area contributed by atoms with Gasteiger partial charge in [-0.2, -0.15) is 0 Å². The first-order valence-electron chi connectivity index (χ1n) is 10.4. The maximum Gasteiger partial charge on any atom is 0.338 e. The van der Waals surface area contributed by atoms with Crippen molar-refractivity contribution in [3.8, 4) is 0 Å². The number of rotatable bonds is 5. The Morgan fingerprint density at radius 2 is 1.87 bits per heavy atom. The molecule has 2 aromatic carbocycles. The summed E-state index contributed by atoms with van der Waals surface area (Å²) in [6.07, 6.45) is 5.01. The number of carbonyl (C=O) groups excluding carboxylic acids is 2. The Balaban J connectivity index is 1.40. The van der Waals surface area contributed by atoms with E-state index in [0.717, 1.165) is 5.69 Å². The highest BCUT2D eigenvalue weighted by Crippen LogP contribution is 2.30. The Labute approximate surface area is 180 Å². The van der Waals surface area contributed by atoms with Gasteiger partial charge in [0.25, 0.3) is 5.91 Å². The fourth-order valence-corrected chi connectivity index (χ4v) is 3.77. The fraction of sp³-hybridized carbons (Fsp3) is 0.292. The molecule has 6 nitrogen and oxygen atoms in total. The summed E-state index contributed by atoms with van der Waals surface area (Å²) in [4.78, 5) is 31.0. The van der Waals surface area contributed by atoms with Gasteiger partial charge in [0, 0.05) is 44.3 Å². The summed E-state index contributed by atoms with van der Waals surface area (Å²) in [6.45, 7) is 1.84. The van der Waals surface area contributed by atoms with E-state index in [1.807, 2.05) is 6.07 Å². The number of benzene rings is 2. The number of hydrogen-bond acceptors (Lipinski definition) is 5. The second-order valence-corrected chi connectivity index (χ2v) is 7.57. The van der Waals surface area contributed by atoms with Gasteiger partial charge < -0.3 is 15.0 Å². The minimum absolute atomic E-state index is 0.172. The van der Waals surface area contributed by atoms with Gasteiger partial charge in [0.05, 0.1) is 16.9 Å². The van der Waals surface area contributed by atoms with Crippen LogP contribution >= 0.6 is 0 Å². The molecule has 0 atom stereocenters. The van der Waals surface area contributed by atoms with E-state index < -0.39 is 5.82 Å². The first kappa shape index (κ1) is 20.8. The van der Waals surface area contributed by atoms with Gasteiger partial charge in [-0.25, -0.2) is 9.18 Å². The average Bonchev–Trinajstić information content (AvgIpc) is 2.81. The average molecular weight is 421 g/mol. The van der Waals surface area contributed by atoms with E-state index in [0.29, 0.717) is 55.7 Å². The van der Waals surface area contributed by atoms with Crippen molar-refractivity contribution >= 4 is 29.5 Å². The molecule has 4 rings (SSSR count). The standard InChI is InChI=1S/C24H24FN3O3/c25-19-6-7-22(21(16-19)27-23(29)17-8-12-26-13-9-17)28-14-10-20(11-15-28)31-24(30)18-4-2-1-3-5-18/h1-8,12,16,20H,9-11,13-15H2,(H,27,29). The molecule has 1 amide bonds. The number of esters is 1. The van der Waals surface area contributed by atoms with Crippen LogP contribution in [0.2, 0.25) is 0 Å². The predicted molar refractivity (Wildman–Crippen MR) is 118 cm³/mol. The molecule has 2 heterocycles. The number of dihydropyridines is 1. The molecular weight excluding hydrogens is 397 g/mol. The largest absolute Gasteiger partial charge is 0.459 e. The van der Waals surface area contributed by atoms with E-state index in [1.54, 1.807) is 42.6 Å². The number of piperidine rings is 1. The van der Waals surface area contributed by atoms with Crippen LogP contribution in [0.25, 0.3) is 0 Å². The van der Waals surface area contributed by atoms with Gasteiger partial charge in [0.2, 0.25) is 0 Å². The molecule has 0 radical (unpaired) electrons. The van der Waals surface area contributed by atoms with Crippen molar-refractivity contribution in [2.24, 2.45) is 4.99 Å². The van der Waals surface area contributed by atoms with Gasteiger partial charge in [0.1, 0.15) is 11.9 Å². The van der Waals surface area contributed by atoms with Crippen molar-refractivity contribution < 1.29 is 18.7 Å². The van der Waals surface area contributed by atoms with E-state index in [-0.39, 0.29) is 18.0 Å². The summed E-state index contributed by atoms with van der Waals surface area (Å²) in [6, 6.07) is 13.3. The van der Waals surface area contributed by atoms with Crippen LogP contribution in [0.3, 0.4) is 0 Å². The minimum Gasteiger partial charge on any atom is -0.459 e. The van der Waals surface area contributed by atoms with E-state index in [1.165, 1.54) is 12.1 Å². The Morgan fingerprint density at radius 3 is 2.58 bits per heavy atom. The number of amides is 1. The number of nitrogens with zero attached hydrogens (tertiary/aromatic N) is 2.